The van der Waals surface area contributed by atoms with E-state index in [0.29, 0.717) is 0 Å². The van der Waals surface area contributed by atoms with Gasteiger partial charge in [-0.15, -0.1) is 0 Å². The van der Waals surface area contributed by atoms with Gasteiger partial charge in [0.25, 0.3) is 0 Å². The average molecular weight is 671 g/mol. The fourth-order valence-electron chi connectivity index (χ4n) is 8.02. The molecule has 0 saturated heterocycles. The quantitative estimate of drug-likeness (QED) is 0.162. The predicted octanol–water partition coefficient (Wildman–Crippen LogP) is 12.2. The maximum atomic E-state index is 2.51. The zero-order valence-corrected chi connectivity index (χ0v) is 29.9. The highest BCUT2D eigenvalue weighted by atomic mass is 28.3. The molecule has 0 aliphatic carbocycles. The summed E-state index contributed by atoms with van der Waals surface area (Å²) in [6.45, 7) is 5.03. The number of fused-ring (bicyclic) bond motifs is 4. The highest BCUT2D eigenvalue weighted by Crippen LogP contribution is 2.44. The molecule has 0 N–H and O–H groups in total. The van der Waals surface area contributed by atoms with E-state index in [4.69, 9.17) is 0 Å². The lowest BCUT2D eigenvalue weighted by Crippen LogP contribution is -2.54. The van der Waals surface area contributed by atoms with Gasteiger partial charge in [-0.2, -0.15) is 0 Å². The van der Waals surface area contributed by atoms with Gasteiger partial charge in [-0.1, -0.05) is 159 Å². The molecule has 0 aromatic heterocycles. The Kier molecular flexibility index (Phi) is 7.64. The minimum atomic E-state index is -2.26. The molecule has 244 valence electrons. The third-order valence-corrected chi connectivity index (χ3v) is 14.0. The fourth-order valence-corrected chi connectivity index (χ4v) is 11.1. The van der Waals surface area contributed by atoms with Gasteiger partial charge in [0.2, 0.25) is 0 Å². The van der Waals surface area contributed by atoms with E-state index in [1.54, 1.807) is 0 Å². The minimum absolute atomic E-state index is 1.14. The Morgan fingerprint density at radius 2 is 0.686 bits per heavy atom. The molecule has 0 spiro atoms. The summed E-state index contributed by atoms with van der Waals surface area (Å²) in [7, 11) is -2.26. The van der Waals surface area contributed by atoms with E-state index in [-0.39, 0.29) is 0 Å². The lowest BCUT2D eigenvalue weighted by molar-refractivity contribution is 1.29. The molecule has 0 fully saturated rings. The molecule has 3 heteroatoms. The largest absolute Gasteiger partial charge is 0.309 e. The lowest BCUT2D eigenvalue weighted by Gasteiger charge is -2.33. The van der Waals surface area contributed by atoms with Gasteiger partial charge in [0.15, 0.2) is 0 Å². The van der Waals surface area contributed by atoms with Gasteiger partial charge in [-0.05, 0) is 80.8 Å². The fraction of sp³-hybridized carbons (Fsp3) is 0.0417. The molecular formula is C48H38N2Si. The molecule has 0 unspecified atom stereocenters. The summed E-state index contributed by atoms with van der Waals surface area (Å²) in [4.78, 5) is 4.92. The number of benzene rings is 8. The smallest absolute Gasteiger partial charge is 0.113 e. The molecule has 8 aromatic carbocycles. The normalized spacial score (nSPS) is 13.0. The molecule has 0 saturated carbocycles. The van der Waals surface area contributed by atoms with Crippen molar-refractivity contribution in [3.63, 3.8) is 0 Å². The van der Waals surface area contributed by atoms with Gasteiger partial charge < -0.3 is 9.80 Å². The van der Waals surface area contributed by atoms with Crippen LogP contribution in [0.1, 0.15) is 11.1 Å². The monoisotopic (exact) mass is 670 g/mol. The number of nitrogens with zero attached hydrogens (tertiary/aromatic N) is 2. The Balaban J connectivity index is 1.28. The lowest BCUT2D eigenvalue weighted by atomic mass is 10.0. The Labute approximate surface area is 301 Å². The van der Waals surface area contributed by atoms with Crippen LogP contribution in [-0.4, -0.2) is 8.07 Å². The summed E-state index contributed by atoms with van der Waals surface area (Å²) in [5, 5.41) is 7.79. The van der Waals surface area contributed by atoms with Crippen molar-refractivity contribution < 1.29 is 0 Å². The van der Waals surface area contributed by atoms with Crippen molar-refractivity contribution in [1.82, 2.24) is 0 Å². The minimum Gasteiger partial charge on any atom is -0.309 e. The highest BCUT2D eigenvalue weighted by Gasteiger charge is 2.35. The molecule has 2 nitrogen and oxygen atoms in total. The van der Waals surface area contributed by atoms with Gasteiger partial charge in [-0.25, -0.2) is 0 Å². The van der Waals surface area contributed by atoms with Crippen molar-refractivity contribution in [3.8, 4) is 0 Å². The first kappa shape index (κ1) is 30.9. The summed E-state index contributed by atoms with van der Waals surface area (Å²) in [6.07, 6.45) is 4.78. The first-order valence-corrected chi connectivity index (χ1v) is 20.7. The summed E-state index contributed by atoms with van der Waals surface area (Å²) >= 11 is 0. The number of hydrogen-bond acceptors (Lipinski definition) is 2. The molecule has 9 rings (SSSR count). The topological polar surface area (TPSA) is 6.48 Å². The van der Waals surface area contributed by atoms with Crippen molar-refractivity contribution in [2.24, 2.45) is 0 Å². The van der Waals surface area contributed by atoms with Crippen LogP contribution in [0.5, 0.6) is 0 Å². The van der Waals surface area contributed by atoms with Crippen LogP contribution in [0.2, 0.25) is 13.1 Å². The Hall–Kier alpha value is -6.16. The van der Waals surface area contributed by atoms with Crippen molar-refractivity contribution in [2.75, 3.05) is 9.80 Å². The second-order valence-corrected chi connectivity index (χ2v) is 18.1. The molecule has 0 amide bonds. The zero-order valence-electron chi connectivity index (χ0n) is 28.9. The van der Waals surface area contributed by atoms with E-state index in [0.717, 1.165) is 11.4 Å². The van der Waals surface area contributed by atoms with Crippen LogP contribution in [0, 0.1) is 0 Å². The number of rotatable bonds is 6. The van der Waals surface area contributed by atoms with E-state index in [2.05, 4.69) is 217 Å². The van der Waals surface area contributed by atoms with E-state index in [1.807, 2.05) is 0 Å². The summed E-state index contributed by atoms with van der Waals surface area (Å²) < 4.78 is 0. The summed E-state index contributed by atoms with van der Waals surface area (Å²) in [5.41, 5.74) is 9.58. The Morgan fingerprint density at radius 3 is 1.14 bits per heavy atom. The zero-order chi connectivity index (χ0) is 34.4. The van der Waals surface area contributed by atoms with Crippen LogP contribution in [0.25, 0.3) is 33.7 Å². The predicted molar refractivity (Wildman–Crippen MR) is 223 cm³/mol. The van der Waals surface area contributed by atoms with Crippen molar-refractivity contribution in [2.45, 2.75) is 13.1 Å². The van der Waals surface area contributed by atoms with E-state index < -0.39 is 8.07 Å². The molecule has 8 aromatic rings. The Morgan fingerprint density at radius 1 is 0.333 bits per heavy atom. The second-order valence-electron chi connectivity index (χ2n) is 13.8. The molecule has 0 atom stereocenters. The molecule has 0 radical (unpaired) electrons. The number of hydrogen-bond donors (Lipinski definition) is 0. The number of para-hydroxylation sites is 2. The average Bonchev–Trinajstić information content (AvgIpc) is 3.30. The van der Waals surface area contributed by atoms with E-state index in [1.165, 1.54) is 65.8 Å². The van der Waals surface area contributed by atoms with Crippen LogP contribution in [0.4, 0.5) is 34.1 Å². The molecule has 0 bridgehead atoms. The van der Waals surface area contributed by atoms with Crippen LogP contribution >= 0.6 is 0 Å². The van der Waals surface area contributed by atoms with Gasteiger partial charge in [0.05, 0.1) is 22.7 Å². The van der Waals surface area contributed by atoms with Crippen LogP contribution in [0.15, 0.2) is 182 Å². The maximum absolute atomic E-state index is 2.51. The van der Waals surface area contributed by atoms with Gasteiger partial charge in [0, 0.05) is 22.1 Å². The SMILES string of the molecule is C[Si]1(C)c2cccc(N(c3ccccc3)c3cccc4ccccc34)c2C=Cc2c(N(c3ccccc3)c3cccc4ccccc34)cccc21. The molecule has 1 aliphatic rings. The molecule has 1 aliphatic heterocycles. The van der Waals surface area contributed by atoms with E-state index in [9.17, 15) is 0 Å². The second kappa shape index (κ2) is 12.6. The van der Waals surface area contributed by atoms with Crippen molar-refractivity contribution >= 4 is 86.3 Å². The number of anilines is 6. The molecular weight excluding hydrogens is 633 g/mol. The standard InChI is InChI=1S/C48H38N2Si/c1-51(2)47-31-15-29-45(49(37-21-5-3-6-22-37)43-27-13-19-35-17-9-11-25-39(35)43)41(47)33-34-42-46(30-16-32-48(42)51)50(38-23-7-4-8-24-38)44-28-14-20-36-18-10-12-26-40(36)44/h3-34H,1-2H3. The van der Waals surface area contributed by atoms with Crippen LogP contribution in [-0.2, 0) is 0 Å². The van der Waals surface area contributed by atoms with Gasteiger partial charge >= 0.3 is 0 Å². The van der Waals surface area contributed by atoms with Crippen LogP contribution < -0.4 is 20.2 Å². The summed E-state index contributed by atoms with van der Waals surface area (Å²) in [5.74, 6) is 0. The van der Waals surface area contributed by atoms with Crippen LogP contribution in [0.3, 0.4) is 0 Å². The first-order chi connectivity index (χ1) is 25.1. The van der Waals surface area contributed by atoms with Crippen molar-refractivity contribution in [3.05, 3.63) is 193 Å². The summed E-state index contributed by atoms with van der Waals surface area (Å²) in [6, 6.07) is 66.2. The molecule has 1 heterocycles. The first-order valence-electron chi connectivity index (χ1n) is 17.7. The third-order valence-electron chi connectivity index (χ3n) is 10.5. The maximum Gasteiger partial charge on any atom is 0.113 e. The Bertz CT molecular complexity index is 2380. The van der Waals surface area contributed by atoms with Crippen molar-refractivity contribution in [1.29, 1.82) is 0 Å². The van der Waals surface area contributed by atoms with Gasteiger partial charge in [-0.3, -0.25) is 0 Å². The van der Waals surface area contributed by atoms with E-state index >= 15 is 0 Å². The van der Waals surface area contributed by atoms with Gasteiger partial charge in [0.1, 0.15) is 8.07 Å². The molecule has 51 heavy (non-hydrogen) atoms. The third kappa shape index (κ3) is 5.25. The highest BCUT2D eigenvalue weighted by molar-refractivity contribution is 7.01.